The van der Waals surface area contributed by atoms with Gasteiger partial charge in [0.1, 0.15) is 0 Å². The molecule has 6 nitrogen and oxygen atoms in total. The molecule has 1 atom stereocenters. The van der Waals surface area contributed by atoms with E-state index in [0.717, 1.165) is 6.42 Å². The summed E-state index contributed by atoms with van der Waals surface area (Å²) in [6, 6.07) is 4.62. The topological polar surface area (TPSA) is 89.7 Å². The van der Waals surface area contributed by atoms with Gasteiger partial charge in [0, 0.05) is 13.1 Å². The average Bonchev–Trinajstić information content (AvgIpc) is 2.92. The van der Waals surface area contributed by atoms with Crippen LogP contribution in [-0.4, -0.2) is 44.9 Å². The van der Waals surface area contributed by atoms with E-state index in [-0.39, 0.29) is 22.5 Å². The Morgan fingerprint density at radius 1 is 1.43 bits per heavy atom. The molecule has 128 valence electrons. The van der Waals surface area contributed by atoms with Crippen LogP contribution in [0.3, 0.4) is 0 Å². The van der Waals surface area contributed by atoms with E-state index in [4.69, 9.17) is 10.5 Å². The van der Waals surface area contributed by atoms with Crippen molar-refractivity contribution in [3.8, 4) is 0 Å². The first-order valence-corrected chi connectivity index (χ1v) is 9.15. The summed E-state index contributed by atoms with van der Waals surface area (Å²) in [5, 5.41) is 0. The van der Waals surface area contributed by atoms with Crippen molar-refractivity contribution in [2.75, 3.05) is 26.2 Å². The van der Waals surface area contributed by atoms with Crippen LogP contribution in [0.4, 0.5) is 0 Å². The highest BCUT2D eigenvalue weighted by Crippen LogP contribution is 2.33. The van der Waals surface area contributed by atoms with Crippen LogP contribution in [0.15, 0.2) is 23.1 Å². The maximum Gasteiger partial charge on any atom is 0.338 e. The zero-order valence-corrected chi connectivity index (χ0v) is 14.6. The summed E-state index contributed by atoms with van der Waals surface area (Å²) in [7, 11) is -3.65. The van der Waals surface area contributed by atoms with Crippen LogP contribution in [-0.2, 0) is 14.8 Å². The summed E-state index contributed by atoms with van der Waals surface area (Å²) in [5.74, 6) is -0.517. The normalized spacial score (nSPS) is 22.3. The molecular formula is C16H24N2O4S. The lowest BCUT2D eigenvalue weighted by molar-refractivity contribution is 0.0526. The zero-order chi connectivity index (χ0) is 17.3. The van der Waals surface area contributed by atoms with E-state index in [2.05, 4.69) is 0 Å². The minimum Gasteiger partial charge on any atom is -0.462 e. The van der Waals surface area contributed by atoms with E-state index < -0.39 is 16.0 Å². The fourth-order valence-electron chi connectivity index (χ4n) is 2.71. The average molecular weight is 340 g/mol. The maximum atomic E-state index is 12.9. The van der Waals surface area contributed by atoms with Crippen LogP contribution < -0.4 is 5.73 Å². The van der Waals surface area contributed by atoms with Gasteiger partial charge in [-0.3, -0.25) is 0 Å². The molecule has 7 heteroatoms. The third-order valence-electron chi connectivity index (χ3n) is 4.33. The lowest BCUT2D eigenvalue weighted by atomic mass is 9.90. The molecule has 1 aliphatic rings. The molecule has 0 aromatic heterocycles. The van der Waals surface area contributed by atoms with Crippen molar-refractivity contribution in [3.63, 3.8) is 0 Å². The molecule has 1 aliphatic heterocycles. The summed E-state index contributed by atoms with van der Waals surface area (Å²) in [5.41, 5.74) is 6.42. The van der Waals surface area contributed by atoms with Gasteiger partial charge >= 0.3 is 5.97 Å². The molecule has 0 saturated carbocycles. The molecule has 2 N–H and O–H groups in total. The Morgan fingerprint density at radius 2 is 2.13 bits per heavy atom. The second-order valence-electron chi connectivity index (χ2n) is 6.30. The number of benzene rings is 1. The van der Waals surface area contributed by atoms with Gasteiger partial charge in [0.05, 0.1) is 17.1 Å². The number of rotatable bonds is 5. The quantitative estimate of drug-likeness (QED) is 0.821. The molecule has 1 saturated heterocycles. The highest BCUT2D eigenvalue weighted by atomic mass is 32.2. The molecule has 1 unspecified atom stereocenters. The molecule has 1 aromatic rings. The molecule has 0 aliphatic carbocycles. The van der Waals surface area contributed by atoms with Gasteiger partial charge < -0.3 is 10.5 Å². The second-order valence-corrected chi connectivity index (χ2v) is 8.21. The van der Waals surface area contributed by atoms with Gasteiger partial charge in [-0.1, -0.05) is 13.0 Å². The Balaban J connectivity index is 2.37. The van der Waals surface area contributed by atoms with E-state index in [1.54, 1.807) is 26.0 Å². The Kier molecular flexibility index (Phi) is 5.13. The summed E-state index contributed by atoms with van der Waals surface area (Å²) >= 11 is 0. The van der Waals surface area contributed by atoms with Gasteiger partial charge in [-0.05, 0) is 49.9 Å². The minimum absolute atomic E-state index is 0.157. The van der Waals surface area contributed by atoms with Crippen molar-refractivity contribution in [1.29, 1.82) is 0 Å². The largest absolute Gasteiger partial charge is 0.462 e. The standard InChI is InChI=1S/C16H24N2O4S/c1-4-22-15(19)13-6-5-12(2)14(9-13)23(20,21)18-8-7-16(3,10-17)11-18/h5-6,9H,4,7-8,10-11,17H2,1-3H3. The lowest BCUT2D eigenvalue weighted by Crippen LogP contribution is -2.34. The van der Waals surface area contributed by atoms with Crippen LogP contribution in [0.2, 0.25) is 0 Å². The summed E-state index contributed by atoms with van der Waals surface area (Å²) in [6.07, 6.45) is 0.735. The number of aryl methyl sites for hydroxylation is 1. The molecular weight excluding hydrogens is 316 g/mol. The van der Waals surface area contributed by atoms with E-state index >= 15 is 0 Å². The Labute approximate surface area is 137 Å². The van der Waals surface area contributed by atoms with E-state index in [9.17, 15) is 13.2 Å². The van der Waals surface area contributed by atoms with Gasteiger partial charge in [0.15, 0.2) is 0 Å². The highest BCUT2D eigenvalue weighted by molar-refractivity contribution is 7.89. The van der Waals surface area contributed by atoms with E-state index in [1.165, 1.54) is 10.4 Å². The smallest absolute Gasteiger partial charge is 0.338 e. The van der Waals surface area contributed by atoms with Crippen molar-refractivity contribution in [2.45, 2.75) is 32.1 Å². The van der Waals surface area contributed by atoms with E-state index in [0.29, 0.717) is 25.2 Å². The first-order valence-electron chi connectivity index (χ1n) is 7.71. The predicted molar refractivity (Wildman–Crippen MR) is 87.7 cm³/mol. The first-order chi connectivity index (χ1) is 10.7. The number of hydrogen-bond acceptors (Lipinski definition) is 5. The number of sulfonamides is 1. The fraction of sp³-hybridized carbons (Fsp3) is 0.562. The lowest BCUT2D eigenvalue weighted by Gasteiger charge is -2.23. The SMILES string of the molecule is CCOC(=O)c1ccc(C)c(S(=O)(=O)N2CCC(C)(CN)C2)c1. The monoisotopic (exact) mass is 340 g/mol. The molecule has 0 spiro atoms. The molecule has 23 heavy (non-hydrogen) atoms. The number of carbonyl (C=O) groups is 1. The van der Waals surface area contributed by atoms with Gasteiger partial charge in [-0.25, -0.2) is 13.2 Å². The Hall–Kier alpha value is -1.44. The van der Waals surface area contributed by atoms with Crippen molar-refractivity contribution >= 4 is 16.0 Å². The Morgan fingerprint density at radius 3 is 2.70 bits per heavy atom. The third kappa shape index (κ3) is 3.57. The van der Waals surface area contributed by atoms with Gasteiger partial charge in [0.25, 0.3) is 0 Å². The molecule has 0 bridgehead atoms. The Bertz CT molecular complexity index is 702. The molecule has 1 aromatic carbocycles. The second kappa shape index (κ2) is 6.59. The number of esters is 1. The van der Waals surface area contributed by atoms with E-state index in [1.807, 2.05) is 6.92 Å². The van der Waals surface area contributed by atoms with Crippen LogP contribution in [0.25, 0.3) is 0 Å². The number of nitrogens with zero attached hydrogens (tertiary/aromatic N) is 1. The van der Waals surface area contributed by atoms with Crippen molar-refractivity contribution < 1.29 is 17.9 Å². The van der Waals surface area contributed by atoms with Gasteiger partial charge in [-0.2, -0.15) is 4.31 Å². The summed E-state index contributed by atoms with van der Waals surface area (Å²) in [6.45, 7) is 6.96. The van der Waals surface area contributed by atoms with Crippen LogP contribution in [0, 0.1) is 12.3 Å². The van der Waals surface area contributed by atoms with Crippen LogP contribution in [0.1, 0.15) is 36.2 Å². The first kappa shape index (κ1) is 17.9. The highest BCUT2D eigenvalue weighted by Gasteiger charge is 2.39. The molecule has 2 rings (SSSR count). The van der Waals surface area contributed by atoms with Crippen LogP contribution >= 0.6 is 0 Å². The van der Waals surface area contributed by atoms with Crippen molar-refractivity contribution in [2.24, 2.45) is 11.1 Å². The number of ether oxygens (including phenoxy) is 1. The van der Waals surface area contributed by atoms with Gasteiger partial charge in [-0.15, -0.1) is 0 Å². The zero-order valence-electron chi connectivity index (χ0n) is 13.8. The molecule has 1 fully saturated rings. The van der Waals surface area contributed by atoms with Crippen molar-refractivity contribution in [3.05, 3.63) is 29.3 Å². The summed E-state index contributed by atoms with van der Waals surface area (Å²) < 4.78 is 32.3. The van der Waals surface area contributed by atoms with Crippen LogP contribution in [0.5, 0.6) is 0 Å². The van der Waals surface area contributed by atoms with Gasteiger partial charge in [0.2, 0.25) is 10.0 Å². The third-order valence-corrected chi connectivity index (χ3v) is 6.32. The number of hydrogen-bond donors (Lipinski definition) is 1. The molecule has 0 radical (unpaired) electrons. The fourth-order valence-corrected chi connectivity index (χ4v) is 4.55. The molecule has 1 heterocycles. The summed E-state index contributed by atoms with van der Waals surface area (Å²) in [4.78, 5) is 12.0. The number of carbonyl (C=O) groups excluding carboxylic acids is 1. The predicted octanol–water partition coefficient (Wildman–Crippen LogP) is 1.53. The minimum atomic E-state index is -3.65. The maximum absolute atomic E-state index is 12.9. The van der Waals surface area contributed by atoms with Crippen molar-refractivity contribution in [1.82, 2.24) is 4.31 Å². The molecule has 0 amide bonds. The number of nitrogens with two attached hydrogens (primary N) is 1.